The van der Waals surface area contributed by atoms with Crippen LogP contribution in [0.2, 0.25) is 0 Å². The van der Waals surface area contributed by atoms with Crippen LogP contribution in [0.1, 0.15) is 37.4 Å². The topological polar surface area (TPSA) is 79.3 Å². The first-order valence-electron chi connectivity index (χ1n) is 7.39. The van der Waals surface area contributed by atoms with E-state index in [1.54, 1.807) is 6.07 Å². The van der Waals surface area contributed by atoms with E-state index in [-0.39, 0.29) is 5.91 Å². The Hall–Kier alpha value is -1.91. The van der Waals surface area contributed by atoms with Crippen molar-refractivity contribution in [1.82, 2.24) is 4.98 Å². The van der Waals surface area contributed by atoms with Gasteiger partial charge in [-0.1, -0.05) is 13.3 Å². The Morgan fingerprint density at radius 1 is 1.29 bits per heavy atom. The van der Waals surface area contributed by atoms with Crippen LogP contribution < -0.4 is 5.32 Å². The molecule has 0 saturated heterocycles. The van der Waals surface area contributed by atoms with Crippen molar-refractivity contribution < 1.29 is 14.7 Å². The normalized spacial score (nSPS) is 24.8. The number of amides is 1. The number of nitrogens with zero attached hydrogens (tertiary/aromatic N) is 1. The van der Waals surface area contributed by atoms with Gasteiger partial charge in [-0.05, 0) is 50.3 Å². The summed E-state index contributed by atoms with van der Waals surface area (Å²) in [5, 5.41) is 12.1. The number of aryl methyl sites for hydroxylation is 2. The van der Waals surface area contributed by atoms with Gasteiger partial charge in [0.1, 0.15) is 5.82 Å². The monoisotopic (exact) mass is 290 g/mol. The molecule has 5 nitrogen and oxygen atoms in total. The van der Waals surface area contributed by atoms with Crippen LogP contribution in [0.25, 0.3) is 0 Å². The minimum atomic E-state index is -0.875. The van der Waals surface area contributed by atoms with Crippen LogP contribution in [0.3, 0.4) is 0 Å². The van der Waals surface area contributed by atoms with Crippen molar-refractivity contribution in [2.24, 2.45) is 17.8 Å². The molecule has 1 unspecified atom stereocenters. The molecule has 1 fully saturated rings. The van der Waals surface area contributed by atoms with Crippen LogP contribution in [-0.2, 0) is 9.59 Å². The van der Waals surface area contributed by atoms with E-state index in [1.165, 1.54) is 0 Å². The summed E-state index contributed by atoms with van der Waals surface area (Å²) in [6, 6.07) is 3.73. The van der Waals surface area contributed by atoms with E-state index < -0.39 is 17.8 Å². The number of aromatic nitrogens is 1. The van der Waals surface area contributed by atoms with Gasteiger partial charge in [0.15, 0.2) is 0 Å². The third-order valence-electron chi connectivity index (χ3n) is 4.24. The SMILES string of the molecule is CCC1C[C@H](C(=O)Nc2cc(C)cc(C)n2)[C@H](C(=O)O)C1. The summed E-state index contributed by atoms with van der Waals surface area (Å²) in [7, 11) is 0. The van der Waals surface area contributed by atoms with E-state index in [4.69, 9.17) is 0 Å². The van der Waals surface area contributed by atoms with E-state index in [1.807, 2.05) is 26.8 Å². The van der Waals surface area contributed by atoms with Gasteiger partial charge in [-0.25, -0.2) is 4.98 Å². The lowest BCUT2D eigenvalue weighted by Gasteiger charge is -2.15. The fourth-order valence-corrected chi connectivity index (χ4v) is 3.16. The summed E-state index contributed by atoms with van der Waals surface area (Å²) >= 11 is 0. The van der Waals surface area contributed by atoms with Gasteiger partial charge in [-0.2, -0.15) is 0 Å². The third-order valence-corrected chi connectivity index (χ3v) is 4.24. The molecule has 1 aliphatic carbocycles. The number of pyridine rings is 1. The highest BCUT2D eigenvalue weighted by Crippen LogP contribution is 2.38. The average molecular weight is 290 g/mol. The molecule has 1 heterocycles. The smallest absolute Gasteiger partial charge is 0.307 e. The summed E-state index contributed by atoms with van der Waals surface area (Å²) in [4.78, 5) is 28.0. The fourth-order valence-electron chi connectivity index (χ4n) is 3.16. The van der Waals surface area contributed by atoms with Crippen molar-refractivity contribution in [1.29, 1.82) is 0 Å². The van der Waals surface area contributed by atoms with Gasteiger partial charge in [0.25, 0.3) is 0 Å². The summed E-state index contributed by atoms with van der Waals surface area (Å²) in [5.74, 6) is -1.33. The number of carboxylic acids is 1. The van der Waals surface area contributed by atoms with Crippen LogP contribution in [0.15, 0.2) is 12.1 Å². The third kappa shape index (κ3) is 3.60. The Labute approximate surface area is 124 Å². The molecule has 0 bridgehead atoms. The van der Waals surface area contributed by atoms with Crippen molar-refractivity contribution in [2.45, 2.75) is 40.0 Å². The minimum Gasteiger partial charge on any atom is -0.481 e. The molecule has 0 aromatic carbocycles. The summed E-state index contributed by atoms with van der Waals surface area (Å²) in [5.41, 5.74) is 1.85. The maximum Gasteiger partial charge on any atom is 0.307 e. The molecule has 0 radical (unpaired) electrons. The van der Waals surface area contributed by atoms with Gasteiger partial charge < -0.3 is 10.4 Å². The quantitative estimate of drug-likeness (QED) is 0.893. The van der Waals surface area contributed by atoms with Gasteiger partial charge in [0.05, 0.1) is 11.8 Å². The zero-order chi connectivity index (χ0) is 15.6. The average Bonchev–Trinajstić information content (AvgIpc) is 2.81. The highest BCUT2D eigenvalue weighted by atomic mass is 16.4. The van der Waals surface area contributed by atoms with Gasteiger partial charge in [-0.3, -0.25) is 9.59 Å². The Bertz CT molecular complexity index is 536. The minimum absolute atomic E-state index is 0.226. The van der Waals surface area contributed by atoms with Gasteiger partial charge in [0.2, 0.25) is 5.91 Å². The highest BCUT2D eigenvalue weighted by Gasteiger charge is 2.42. The highest BCUT2D eigenvalue weighted by molar-refractivity contribution is 5.94. The number of aliphatic carboxylic acids is 1. The molecule has 114 valence electrons. The molecule has 1 saturated carbocycles. The van der Waals surface area contributed by atoms with Crippen molar-refractivity contribution in [3.8, 4) is 0 Å². The second kappa shape index (κ2) is 6.24. The summed E-state index contributed by atoms with van der Waals surface area (Å²) in [6.07, 6.45) is 2.14. The maximum absolute atomic E-state index is 12.4. The van der Waals surface area contributed by atoms with Crippen molar-refractivity contribution in [3.05, 3.63) is 23.4 Å². The van der Waals surface area contributed by atoms with Crippen molar-refractivity contribution in [2.75, 3.05) is 5.32 Å². The largest absolute Gasteiger partial charge is 0.481 e. The van der Waals surface area contributed by atoms with E-state index in [2.05, 4.69) is 10.3 Å². The number of carboxylic acid groups (broad SMARTS) is 1. The number of nitrogens with one attached hydrogen (secondary N) is 1. The van der Waals surface area contributed by atoms with Crippen LogP contribution in [0.5, 0.6) is 0 Å². The molecule has 21 heavy (non-hydrogen) atoms. The zero-order valence-electron chi connectivity index (χ0n) is 12.7. The van der Waals surface area contributed by atoms with E-state index >= 15 is 0 Å². The van der Waals surface area contributed by atoms with Crippen LogP contribution in [0, 0.1) is 31.6 Å². The number of carbonyl (C=O) groups excluding carboxylic acids is 1. The van der Waals surface area contributed by atoms with Gasteiger partial charge in [-0.15, -0.1) is 0 Å². The lowest BCUT2D eigenvalue weighted by atomic mass is 9.95. The van der Waals surface area contributed by atoms with E-state index in [9.17, 15) is 14.7 Å². The van der Waals surface area contributed by atoms with Gasteiger partial charge in [0, 0.05) is 5.69 Å². The van der Waals surface area contributed by atoms with Crippen molar-refractivity contribution >= 4 is 17.7 Å². The number of hydrogen-bond acceptors (Lipinski definition) is 3. The molecule has 0 aliphatic heterocycles. The first-order chi connectivity index (χ1) is 9.90. The van der Waals surface area contributed by atoms with Gasteiger partial charge >= 0.3 is 5.97 Å². The molecule has 1 amide bonds. The van der Waals surface area contributed by atoms with Crippen LogP contribution >= 0.6 is 0 Å². The zero-order valence-corrected chi connectivity index (χ0v) is 12.7. The number of anilines is 1. The fraction of sp³-hybridized carbons (Fsp3) is 0.562. The Morgan fingerprint density at radius 2 is 1.95 bits per heavy atom. The lowest BCUT2D eigenvalue weighted by molar-refractivity contribution is -0.145. The molecule has 2 N–H and O–H groups in total. The Morgan fingerprint density at radius 3 is 2.52 bits per heavy atom. The molecular weight excluding hydrogens is 268 g/mol. The molecule has 3 atom stereocenters. The molecule has 2 rings (SSSR count). The Kier molecular flexibility index (Phi) is 4.60. The molecule has 0 spiro atoms. The lowest BCUT2D eigenvalue weighted by Crippen LogP contribution is -2.30. The second-order valence-corrected chi connectivity index (χ2v) is 5.96. The number of carbonyl (C=O) groups is 2. The Balaban J connectivity index is 2.13. The van der Waals surface area contributed by atoms with Crippen LogP contribution in [-0.4, -0.2) is 22.0 Å². The predicted octanol–water partition coefficient (Wildman–Crippen LogP) is 2.77. The van der Waals surface area contributed by atoms with E-state index in [0.717, 1.165) is 17.7 Å². The maximum atomic E-state index is 12.4. The number of hydrogen-bond donors (Lipinski definition) is 2. The van der Waals surface area contributed by atoms with E-state index in [0.29, 0.717) is 24.6 Å². The number of rotatable bonds is 4. The first-order valence-corrected chi connectivity index (χ1v) is 7.39. The molecule has 1 aromatic heterocycles. The molecule has 5 heteroatoms. The first kappa shape index (κ1) is 15.5. The summed E-state index contributed by atoms with van der Waals surface area (Å²) in [6.45, 7) is 5.84. The molecule has 1 aliphatic rings. The van der Waals surface area contributed by atoms with Crippen molar-refractivity contribution in [3.63, 3.8) is 0 Å². The predicted molar refractivity (Wildman–Crippen MR) is 80.0 cm³/mol. The molecular formula is C16H22N2O3. The molecule has 1 aromatic rings. The second-order valence-electron chi connectivity index (χ2n) is 5.96. The standard InChI is InChI=1S/C16H22N2O3/c1-4-11-7-12(13(8-11)16(20)21)15(19)18-14-6-9(2)5-10(3)17-14/h5-6,11-13H,4,7-8H2,1-3H3,(H,20,21)(H,17,18,19)/t11?,12-,13+/m0/s1. The van der Waals surface area contributed by atoms with Crippen LogP contribution in [0.4, 0.5) is 5.82 Å². The summed E-state index contributed by atoms with van der Waals surface area (Å²) < 4.78 is 0.